The fraction of sp³-hybridized carbons (Fsp3) is 0.231. The van der Waals surface area contributed by atoms with Gasteiger partial charge >= 0.3 is 12.0 Å². The van der Waals surface area contributed by atoms with Gasteiger partial charge in [-0.25, -0.2) is 9.59 Å². The van der Waals surface area contributed by atoms with E-state index in [-0.39, 0.29) is 11.6 Å². The van der Waals surface area contributed by atoms with Crippen molar-refractivity contribution in [2.45, 2.75) is 13.3 Å². The number of hydrogen-bond donors (Lipinski definition) is 3. The molecular formula is C13H16N2O3. The molecule has 0 fully saturated rings. The lowest BCUT2D eigenvalue weighted by molar-refractivity contribution is 0.0696. The number of benzene rings is 1. The standard InChI is InChI=1S/C13H16N2O3/c1-3-4-8-14-13(18)15-11-7-5-6-10(9(11)2)12(16)17/h3,5-7H,1,4,8H2,2H3,(H,16,17)(H2,14,15,18). The topological polar surface area (TPSA) is 78.4 Å². The average Bonchev–Trinajstić information content (AvgIpc) is 2.32. The molecule has 0 spiro atoms. The fourth-order valence-corrected chi connectivity index (χ4v) is 1.46. The number of aromatic carboxylic acids is 1. The van der Waals surface area contributed by atoms with Crippen molar-refractivity contribution in [2.24, 2.45) is 0 Å². The maximum absolute atomic E-state index is 11.5. The Morgan fingerprint density at radius 3 is 2.78 bits per heavy atom. The third-order valence-corrected chi connectivity index (χ3v) is 2.45. The average molecular weight is 248 g/mol. The van der Waals surface area contributed by atoms with Crippen LogP contribution in [0.5, 0.6) is 0 Å². The lowest BCUT2D eigenvalue weighted by Gasteiger charge is -2.11. The van der Waals surface area contributed by atoms with Gasteiger partial charge in [-0.15, -0.1) is 6.58 Å². The van der Waals surface area contributed by atoms with E-state index >= 15 is 0 Å². The molecule has 0 saturated heterocycles. The molecule has 0 aliphatic carbocycles. The van der Waals surface area contributed by atoms with Gasteiger partial charge in [0.15, 0.2) is 0 Å². The summed E-state index contributed by atoms with van der Waals surface area (Å²) in [7, 11) is 0. The zero-order chi connectivity index (χ0) is 13.5. The fourth-order valence-electron chi connectivity index (χ4n) is 1.46. The second-order valence-corrected chi connectivity index (χ2v) is 3.74. The van der Waals surface area contributed by atoms with Gasteiger partial charge in [0.25, 0.3) is 0 Å². The third kappa shape index (κ3) is 3.62. The highest BCUT2D eigenvalue weighted by Crippen LogP contribution is 2.18. The molecule has 0 aromatic heterocycles. The van der Waals surface area contributed by atoms with E-state index in [0.717, 1.165) is 0 Å². The van der Waals surface area contributed by atoms with Crippen molar-refractivity contribution in [1.82, 2.24) is 5.32 Å². The monoisotopic (exact) mass is 248 g/mol. The van der Waals surface area contributed by atoms with Crippen LogP contribution >= 0.6 is 0 Å². The second-order valence-electron chi connectivity index (χ2n) is 3.74. The Balaban J connectivity index is 2.73. The molecule has 5 nitrogen and oxygen atoms in total. The molecule has 0 saturated carbocycles. The number of urea groups is 1. The molecule has 1 aromatic carbocycles. The summed E-state index contributed by atoms with van der Waals surface area (Å²) in [4.78, 5) is 22.4. The highest BCUT2D eigenvalue weighted by atomic mass is 16.4. The summed E-state index contributed by atoms with van der Waals surface area (Å²) >= 11 is 0. The van der Waals surface area contributed by atoms with Crippen LogP contribution < -0.4 is 10.6 Å². The molecule has 0 atom stereocenters. The van der Waals surface area contributed by atoms with E-state index in [1.165, 1.54) is 6.07 Å². The van der Waals surface area contributed by atoms with Crippen LogP contribution in [0.1, 0.15) is 22.3 Å². The molecule has 0 radical (unpaired) electrons. The summed E-state index contributed by atoms with van der Waals surface area (Å²) in [5.74, 6) is -1.01. The smallest absolute Gasteiger partial charge is 0.336 e. The quantitative estimate of drug-likeness (QED) is 0.553. The Hall–Kier alpha value is -2.30. The van der Waals surface area contributed by atoms with Crippen molar-refractivity contribution >= 4 is 17.7 Å². The molecule has 1 aromatic rings. The lowest BCUT2D eigenvalue weighted by atomic mass is 10.1. The van der Waals surface area contributed by atoms with Crippen molar-refractivity contribution in [3.8, 4) is 0 Å². The van der Waals surface area contributed by atoms with Crippen molar-refractivity contribution < 1.29 is 14.7 Å². The van der Waals surface area contributed by atoms with E-state index in [1.54, 1.807) is 25.1 Å². The zero-order valence-electron chi connectivity index (χ0n) is 10.2. The van der Waals surface area contributed by atoms with Crippen LogP contribution in [0, 0.1) is 6.92 Å². The second kappa shape index (κ2) is 6.44. The number of anilines is 1. The van der Waals surface area contributed by atoms with Gasteiger partial charge in [0.1, 0.15) is 0 Å². The number of carboxylic acid groups (broad SMARTS) is 1. The molecule has 2 amide bonds. The summed E-state index contributed by atoms with van der Waals surface area (Å²) in [6.07, 6.45) is 2.39. The number of amides is 2. The summed E-state index contributed by atoms with van der Waals surface area (Å²) in [5, 5.41) is 14.2. The molecule has 1 rings (SSSR count). The van der Waals surface area contributed by atoms with E-state index in [4.69, 9.17) is 5.11 Å². The number of rotatable bonds is 5. The highest BCUT2D eigenvalue weighted by Gasteiger charge is 2.11. The molecule has 0 heterocycles. The van der Waals surface area contributed by atoms with E-state index in [2.05, 4.69) is 17.2 Å². The van der Waals surface area contributed by atoms with Crippen molar-refractivity contribution in [1.29, 1.82) is 0 Å². The van der Waals surface area contributed by atoms with Crippen molar-refractivity contribution in [2.75, 3.05) is 11.9 Å². The summed E-state index contributed by atoms with van der Waals surface area (Å²) < 4.78 is 0. The first-order valence-electron chi connectivity index (χ1n) is 5.55. The maximum atomic E-state index is 11.5. The Morgan fingerprint density at radius 2 is 2.17 bits per heavy atom. The van der Waals surface area contributed by atoms with Gasteiger partial charge < -0.3 is 15.7 Å². The Kier molecular flexibility index (Phi) is 4.92. The zero-order valence-corrected chi connectivity index (χ0v) is 10.2. The minimum Gasteiger partial charge on any atom is -0.478 e. The summed E-state index contributed by atoms with van der Waals surface area (Å²) in [6.45, 7) is 5.70. The highest BCUT2D eigenvalue weighted by molar-refractivity contribution is 5.95. The van der Waals surface area contributed by atoms with E-state index in [0.29, 0.717) is 24.2 Å². The largest absolute Gasteiger partial charge is 0.478 e. The van der Waals surface area contributed by atoms with Crippen LogP contribution in [-0.2, 0) is 0 Å². The predicted molar refractivity (Wildman–Crippen MR) is 70.0 cm³/mol. The van der Waals surface area contributed by atoms with E-state index in [1.807, 2.05) is 0 Å². The van der Waals surface area contributed by atoms with Crippen LogP contribution in [0.2, 0.25) is 0 Å². The molecule has 18 heavy (non-hydrogen) atoms. The normalized spacial score (nSPS) is 9.61. The minimum absolute atomic E-state index is 0.180. The number of hydrogen-bond acceptors (Lipinski definition) is 2. The third-order valence-electron chi connectivity index (χ3n) is 2.45. The van der Waals surface area contributed by atoms with Gasteiger partial charge in [-0.1, -0.05) is 12.1 Å². The Labute approximate surface area is 106 Å². The first kappa shape index (κ1) is 13.8. The SMILES string of the molecule is C=CCCNC(=O)Nc1cccc(C(=O)O)c1C. The van der Waals surface area contributed by atoms with Crippen LogP contribution in [0.3, 0.4) is 0 Å². The minimum atomic E-state index is -1.01. The number of carboxylic acids is 1. The molecule has 5 heteroatoms. The Bertz CT molecular complexity index is 469. The van der Waals surface area contributed by atoms with Gasteiger partial charge in [-0.05, 0) is 31.0 Å². The molecule has 0 unspecified atom stereocenters. The lowest BCUT2D eigenvalue weighted by Crippen LogP contribution is -2.29. The molecule has 0 aliphatic heterocycles. The number of nitrogens with one attached hydrogen (secondary N) is 2. The van der Waals surface area contributed by atoms with Crippen molar-refractivity contribution in [3.05, 3.63) is 42.0 Å². The summed E-state index contributed by atoms with van der Waals surface area (Å²) in [5.41, 5.74) is 1.20. The molecule has 3 N–H and O–H groups in total. The molecule has 0 aliphatic rings. The number of carbonyl (C=O) groups is 2. The molecular weight excluding hydrogens is 232 g/mol. The van der Waals surface area contributed by atoms with Gasteiger partial charge in [0.05, 0.1) is 5.56 Å². The van der Waals surface area contributed by atoms with E-state index < -0.39 is 5.97 Å². The van der Waals surface area contributed by atoms with Crippen molar-refractivity contribution in [3.63, 3.8) is 0 Å². The van der Waals surface area contributed by atoms with Crippen LogP contribution in [0.25, 0.3) is 0 Å². The van der Waals surface area contributed by atoms with Gasteiger partial charge in [0.2, 0.25) is 0 Å². The van der Waals surface area contributed by atoms with Gasteiger partial charge in [-0.2, -0.15) is 0 Å². The molecule has 0 bridgehead atoms. The van der Waals surface area contributed by atoms with Crippen LogP contribution in [0.4, 0.5) is 10.5 Å². The van der Waals surface area contributed by atoms with E-state index in [9.17, 15) is 9.59 Å². The predicted octanol–water partition coefficient (Wildman–Crippen LogP) is 2.39. The van der Waals surface area contributed by atoms with Crippen LogP contribution in [-0.4, -0.2) is 23.7 Å². The Morgan fingerprint density at radius 1 is 1.44 bits per heavy atom. The van der Waals surface area contributed by atoms with Crippen LogP contribution in [0.15, 0.2) is 30.9 Å². The van der Waals surface area contributed by atoms with Gasteiger partial charge in [-0.3, -0.25) is 0 Å². The first-order chi connectivity index (χ1) is 8.56. The maximum Gasteiger partial charge on any atom is 0.336 e. The summed E-state index contributed by atoms with van der Waals surface area (Å²) in [6, 6.07) is 4.39. The molecule has 96 valence electrons. The number of carbonyl (C=O) groups excluding carboxylic acids is 1. The first-order valence-corrected chi connectivity index (χ1v) is 5.55. The van der Waals surface area contributed by atoms with Gasteiger partial charge in [0, 0.05) is 12.2 Å².